The van der Waals surface area contributed by atoms with Crippen LogP contribution in [0.25, 0.3) is 0 Å². The van der Waals surface area contributed by atoms with Gasteiger partial charge in [0.1, 0.15) is 18.2 Å². The second-order valence-electron chi connectivity index (χ2n) is 11.4. The van der Waals surface area contributed by atoms with E-state index >= 15 is 0 Å². The van der Waals surface area contributed by atoms with Gasteiger partial charge in [-0.25, -0.2) is 0 Å². The minimum absolute atomic E-state index is 0.0462. The number of esters is 4. The summed E-state index contributed by atoms with van der Waals surface area (Å²) in [5.74, 6) is -2.22. The molecule has 0 saturated heterocycles. The van der Waals surface area contributed by atoms with Crippen LogP contribution in [0.2, 0.25) is 0 Å². The average Bonchev–Trinajstić information content (AvgIpc) is 2.83. The summed E-state index contributed by atoms with van der Waals surface area (Å²) in [5, 5.41) is 0. The van der Waals surface area contributed by atoms with Gasteiger partial charge in [-0.1, -0.05) is 61.5 Å². The lowest BCUT2D eigenvalue weighted by atomic mass is 9.98. The number of ether oxygens (including phenoxy) is 4. The van der Waals surface area contributed by atoms with Crippen LogP contribution in [0.5, 0.6) is 11.5 Å². The molecule has 0 aliphatic rings. The average molecular weight is 550 g/mol. The number of carbonyl (C=O) groups excluding carboxylic acids is 4. The molecule has 9 nitrogen and oxygen atoms in total. The molecular formula is C30H47NO8. The Morgan fingerprint density at radius 3 is 1.67 bits per heavy atom. The predicted molar refractivity (Wildman–Crippen MR) is 148 cm³/mol. The maximum Gasteiger partial charge on any atom is 0.323 e. The number of rotatable bonds is 14. The van der Waals surface area contributed by atoms with Crippen LogP contribution < -0.4 is 15.2 Å². The maximum atomic E-state index is 12.7. The Morgan fingerprint density at radius 2 is 1.18 bits per heavy atom. The summed E-state index contributed by atoms with van der Waals surface area (Å²) in [7, 11) is 0. The summed E-state index contributed by atoms with van der Waals surface area (Å²) in [6, 6.07) is 3.69. The summed E-state index contributed by atoms with van der Waals surface area (Å²) >= 11 is 0. The Balaban J connectivity index is 3.02. The molecule has 0 fully saturated rings. The predicted octanol–water partition coefficient (Wildman–Crippen LogP) is 4.86. The Kier molecular flexibility index (Phi) is 13.6. The SMILES string of the molecule is CC(C)CC(=O)OC(C)[C@H](C)OC(=O)[C@@H](N)Cc1ccc(OC(=O)C(C)C(C)C)c(OC(=O)C(C)C(C)C)c1. The van der Waals surface area contributed by atoms with Crippen LogP contribution in [0.3, 0.4) is 0 Å². The first-order chi connectivity index (χ1) is 18.0. The van der Waals surface area contributed by atoms with Gasteiger partial charge in [0.15, 0.2) is 11.5 Å². The lowest BCUT2D eigenvalue weighted by molar-refractivity contribution is -0.166. The molecule has 39 heavy (non-hydrogen) atoms. The monoisotopic (exact) mass is 549 g/mol. The highest BCUT2D eigenvalue weighted by molar-refractivity contribution is 5.79. The van der Waals surface area contributed by atoms with E-state index in [2.05, 4.69) is 0 Å². The Bertz CT molecular complexity index is 987. The first-order valence-corrected chi connectivity index (χ1v) is 13.7. The van der Waals surface area contributed by atoms with Crippen molar-refractivity contribution in [2.75, 3.05) is 0 Å². The molecule has 0 radical (unpaired) electrons. The third-order valence-electron chi connectivity index (χ3n) is 6.79. The largest absolute Gasteiger partial charge is 0.459 e. The summed E-state index contributed by atoms with van der Waals surface area (Å²) in [4.78, 5) is 49.9. The van der Waals surface area contributed by atoms with Crippen LogP contribution in [0.15, 0.2) is 18.2 Å². The fourth-order valence-electron chi connectivity index (χ4n) is 3.18. The van der Waals surface area contributed by atoms with Gasteiger partial charge < -0.3 is 24.7 Å². The van der Waals surface area contributed by atoms with Crippen molar-refractivity contribution in [2.45, 2.75) is 100 Å². The van der Waals surface area contributed by atoms with Crippen molar-refractivity contribution in [3.63, 3.8) is 0 Å². The van der Waals surface area contributed by atoms with Gasteiger partial charge in [-0.2, -0.15) is 0 Å². The van der Waals surface area contributed by atoms with E-state index < -0.39 is 36.2 Å². The zero-order valence-electron chi connectivity index (χ0n) is 25.1. The third-order valence-corrected chi connectivity index (χ3v) is 6.79. The Hall–Kier alpha value is -2.94. The molecule has 0 aromatic heterocycles. The molecule has 1 aromatic rings. The highest BCUT2D eigenvalue weighted by Gasteiger charge is 2.27. The van der Waals surface area contributed by atoms with Crippen molar-refractivity contribution < 1.29 is 38.1 Å². The van der Waals surface area contributed by atoms with Gasteiger partial charge in [-0.05, 0) is 55.7 Å². The van der Waals surface area contributed by atoms with Crippen molar-refractivity contribution in [1.29, 1.82) is 0 Å². The van der Waals surface area contributed by atoms with E-state index in [-0.39, 0.29) is 59.9 Å². The van der Waals surface area contributed by atoms with E-state index in [0.29, 0.717) is 5.56 Å². The molecule has 0 bridgehead atoms. The fraction of sp³-hybridized carbons (Fsp3) is 0.667. The summed E-state index contributed by atoms with van der Waals surface area (Å²) in [5.41, 5.74) is 6.70. The minimum Gasteiger partial charge on any atom is -0.459 e. The normalized spacial score (nSPS) is 15.3. The van der Waals surface area contributed by atoms with Crippen LogP contribution in [-0.2, 0) is 35.1 Å². The highest BCUT2D eigenvalue weighted by atomic mass is 16.6. The Labute approximate surface area is 233 Å². The van der Waals surface area contributed by atoms with Crippen LogP contribution >= 0.6 is 0 Å². The zero-order valence-corrected chi connectivity index (χ0v) is 25.1. The number of hydrogen-bond acceptors (Lipinski definition) is 9. The standard InChI is InChI=1S/C30H47NO8/c1-16(2)13-27(32)36-21(9)22(10)37-30(35)24(31)14-23-11-12-25(38-28(33)19(7)17(3)4)26(15-23)39-29(34)20(8)18(5)6/h11-12,15-22,24H,13-14,31H2,1-10H3/t19?,20?,21?,22-,24-/m0/s1. The van der Waals surface area contributed by atoms with E-state index in [1.54, 1.807) is 39.8 Å². The van der Waals surface area contributed by atoms with Crippen LogP contribution in [0.4, 0.5) is 0 Å². The van der Waals surface area contributed by atoms with Gasteiger partial charge in [-0.3, -0.25) is 19.2 Å². The van der Waals surface area contributed by atoms with E-state index in [9.17, 15) is 19.2 Å². The number of carbonyl (C=O) groups is 4. The number of benzene rings is 1. The second-order valence-corrected chi connectivity index (χ2v) is 11.4. The molecule has 3 unspecified atom stereocenters. The lowest BCUT2D eigenvalue weighted by Crippen LogP contribution is -2.39. The molecule has 1 aromatic carbocycles. The molecule has 0 amide bonds. The molecule has 9 heteroatoms. The highest BCUT2D eigenvalue weighted by Crippen LogP contribution is 2.31. The smallest absolute Gasteiger partial charge is 0.323 e. The van der Waals surface area contributed by atoms with Crippen LogP contribution in [0.1, 0.15) is 81.2 Å². The Morgan fingerprint density at radius 1 is 0.692 bits per heavy atom. The lowest BCUT2D eigenvalue weighted by Gasteiger charge is -2.23. The van der Waals surface area contributed by atoms with Gasteiger partial charge in [0, 0.05) is 6.42 Å². The van der Waals surface area contributed by atoms with Crippen molar-refractivity contribution in [2.24, 2.45) is 35.3 Å². The molecule has 0 aliphatic carbocycles. The van der Waals surface area contributed by atoms with Crippen LogP contribution in [-0.4, -0.2) is 42.1 Å². The van der Waals surface area contributed by atoms with E-state index in [4.69, 9.17) is 24.7 Å². The molecule has 0 heterocycles. The first kappa shape index (κ1) is 34.1. The van der Waals surface area contributed by atoms with Gasteiger partial charge in [0.25, 0.3) is 0 Å². The molecule has 220 valence electrons. The summed E-state index contributed by atoms with van der Waals surface area (Å²) in [6.07, 6.45) is -0.981. The topological polar surface area (TPSA) is 131 Å². The molecule has 0 spiro atoms. The number of nitrogens with two attached hydrogens (primary N) is 1. The van der Waals surface area contributed by atoms with E-state index in [1.165, 1.54) is 6.07 Å². The fourth-order valence-corrected chi connectivity index (χ4v) is 3.18. The minimum atomic E-state index is -1.03. The molecule has 5 atom stereocenters. The zero-order chi connectivity index (χ0) is 30.0. The van der Waals surface area contributed by atoms with Gasteiger partial charge >= 0.3 is 23.9 Å². The van der Waals surface area contributed by atoms with Crippen molar-refractivity contribution >= 4 is 23.9 Å². The molecular weight excluding hydrogens is 502 g/mol. The first-order valence-electron chi connectivity index (χ1n) is 13.7. The molecule has 1 rings (SSSR count). The second kappa shape index (κ2) is 15.6. The van der Waals surface area contributed by atoms with Crippen molar-refractivity contribution in [3.05, 3.63) is 23.8 Å². The third kappa shape index (κ3) is 11.4. The van der Waals surface area contributed by atoms with Crippen LogP contribution in [0, 0.1) is 29.6 Å². The quantitative estimate of drug-likeness (QED) is 0.255. The van der Waals surface area contributed by atoms with Crippen molar-refractivity contribution in [3.8, 4) is 11.5 Å². The summed E-state index contributed by atoms with van der Waals surface area (Å²) in [6.45, 7) is 18.3. The molecule has 0 aliphatic heterocycles. The van der Waals surface area contributed by atoms with E-state index in [1.807, 2.05) is 41.5 Å². The molecule has 0 saturated carbocycles. The molecule has 2 N–H and O–H groups in total. The summed E-state index contributed by atoms with van der Waals surface area (Å²) < 4.78 is 22.0. The maximum absolute atomic E-state index is 12.7. The number of hydrogen-bond donors (Lipinski definition) is 1. The van der Waals surface area contributed by atoms with Gasteiger partial charge in [-0.15, -0.1) is 0 Å². The van der Waals surface area contributed by atoms with Gasteiger partial charge in [0.2, 0.25) is 0 Å². The van der Waals surface area contributed by atoms with Crippen molar-refractivity contribution in [1.82, 2.24) is 0 Å². The van der Waals surface area contributed by atoms with E-state index in [0.717, 1.165) is 0 Å². The van der Waals surface area contributed by atoms with Gasteiger partial charge in [0.05, 0.1) is 11.8 Å².